The molecule has 0 spiro atoms. The van der Waals surface area contributed by atoms with Gasteiger partial charge in [0, 0.05) is 11.6 Å². The van der Waals surface area contributed by atoms with E-state index in [-0.39, 0.29) is 6.54 Å². The lowest BCUT2D eigenvalue weighted by Crippen LogP contribution is -2.13. The highest BCUT2D eigenvalue weighted by Gasteiger charge is 2.07. The maximum atomic E-state index is 12.8. The highest BCUT2D eigenvalue weighted by Crippen LogP contribution is 2.17. The number of aliphatic hydroxyl groups is 1. The number of rotatable bonds is 4. The highest BCUT2D eigenvalue weighted by atomic mass is 35.5. The van der Waals surface area contributed by atoms with Gasteiger partial charge in [0.25, 0.3) is 0 Å². The molecule has 1 aromatic heterocycles. The predicted molar refractivity (Wildman–Crippen MR) is 69.1 cm³/mol. The number of nitrogens with zero attached hydrogens (tertiary/aromatic N) is 1. The number of nitrogens with one attached hydrogen (secondary N) is 1. The van der Waals surface area contributed by atoms with E-state index in [0.29, 0.717) is 10.8 Å². The third-order valence-corrected chi connectivity index (χ3v) is 2.70. The Balaban J connectivity index is 1.96. The number of hydrogen-bond donors (Lipinski definition) is 2. The minimum absolute atomic E-state index is 0.248. The van der Waals surface area contributed by atoms with Gasteiger partial charge in [-0.3, -0.25) is 0 Å². The molecule has 1 unspecified atom stereocenters. The fraction of sp³-hybridized carbons (Fsp3) is 0.154. The first-order chi connectivity index (χ1) is 8.65. The number of anilines is 1. The Morgan fingerprint density at radius 1 is 1.22 bits per heavy atom. The second kappa shape index (κ2) is 5.80. The van der Waals surface area contributed by atoms with Gasteiger partial charge in [0.15, 0.2) is 0 Å². The molecule has 0 bridgehead atoms. The Bertz CT molecular complexity index is 519. The van der Waals surface area contributed by atoms with Crippen molar-refractivity contribution in [3.05, 3.63) is 59.0 Å². The van der Waals surface area contributed by atoms with E-state index in [1.54, 1.807) is 36.4 Å². The van der Waals surface area contributed by atoms with Crippen LogP contribution in [0.5, 0.6) is 0 Å². The Kier molecular flexibility index (Phi) is 4.12. The molecule has 0 amide bonds. The van der Waals surface area contributed by atoms with Crippen molar-refractivity contribution in [1.29, 1.82) is 0 Å². The largest absolute Gasteiger partial charge is 0.387 e. The second-order valence-corrected chi connectivity index (χ2v) is 4.23. The van der Waals surface area contributed by atoms with Crippen molar-refractivity contribution in [3.8, 4) is 0 Å². The van der Waals surface area contributed by atoms with Gasteiger partial charge < -0.3 is 10.4 Å². The molecule has 0 saturated heterocycles. The third kappa shape index (κ3) is 3.42. The van der Waals surface area contributed by atoms with Crippen LogP contribution in [0.25, 0.3) is 0 Å². The first kappa shape index (κ1) is 12.8. The van der Waals surface area contributed by atoms with Crippen LogP contribution in [0.3, 0.4) is 0 Å². The zero-order valence-corrected chi connectivity index (χ0v) is 10.2. The SMILES string of the molecule is OC(CNc1cccc(F)n1)c1ccc(Cl)cc1. The summed E-state index contributed by atoms with van der Waals surface area (Å²) >= 11 is 5.76. The van der Waals surface area contributed by atoms with Crippen LogP contribution in [0, 0.1) is 5.95 Å². The smallest absolute Gasteiger partial charge is 0.214 e. The molecule has 5 heteroatoms. The predicted octanol–water partition coefficient (Wildman–Crippen LogP) is 3.02. The monoisotopic (exact) mass is 266 g/mol. The molecule has 0 radical (unpaired) electrons. The van der Waals surface area contributed by atoms with Crippen molar-refractivity contribution in [1.82, 2.24) is 4.98 Å². The average molecular weight is 267 g/mol. The molecule has 2 rings (SSSR count). The van der Waals surface area contributed by atoms with E-state index in [1.807, 2.05) is 0 Å². The molecule has 0 saturated carbocycles. The van der Waals surface area contributed by atoms with E-state index in [2.05, 4.69) is 10.3 Å². The Morgan fingerprint density at radius 3 is 2.61 bits per heavy atom. The van der Waals surface area contributed by atoms with E-state index >= 15 is 0 Å². The summed E-state index contributed by atoms with van der Waals surface area (Å²) in [5.74, 6) is -0.163. The molecule has 1 aromatic carbocycles. The van der Waals surface area contributed by atoms with Crippen molar-refractivity contribution >= 4 is 17.4 Å². The summed E-state index contributed by atoms with van der Waals surface area (Å²) in [6.07, 6.45) is -0.702. The molecule has 0 aliphatic rings. The molecule has 1 heterocycles. The van der Waals surface area contributed by atoms with Crippen LogP contribution in [0.4, 0.5) is 10.2 Å². The molecule has 0 aliphatic carbocycles. The van der Waals surface area contributed by atoms with Gasteiger partial charge in [-0.1, -0.05) is 29.8 Å². The molecule has 3 nitrogen and oxygen atoms in total. The van der Waals surface area contributed by atoms with Crippen LogP contribution in [0.15, 0.2) is 42.5 Å². The molecular formula is C13H12ClFN2O. The maximum Gasteiger partial charge on any atom is 0.214 e. The summed E-state index contributed by atoms with van der Waals surface area (Å²) in [7, 11) is 0. The normalized spacial score (nSPS) is 12.2. The number of aromatic nitrogens is 1. The lowest BCUT2D eigenvalue weighted by molar-refractivity contribution is 0.191. The van der Waals surface area contributed by atoms with Crippen molar-refractivity contribution in [2.75, 3.05) is 11.9 Å². The Morgan fingerprint density at radius 2 is 1.94 bits per heavy atom. The first-order valence-electron chi connectivity index (χ1n) is 5.45. The fourth-order valence-electron chi connectivity index (χ4n) is 1.51. The summed E-state index contributed by atoms with van der Waals surface area (Å²) in [5, 5.41) is 13.4. The summed E-state index contributed by atoms with van der Waals surface area (Å²) in [6.45, 7) is 0.248. The van der Waals surface area contributed by atoms with Crippen LogP contribution >= 0.6 is 11.6 Å². The standard InChI is InChI=1S/C13H12ClFN2O/c14-10-6-4-9(5-7-10)11(18)8-16-13-3-1-2-12(15)17-13/h1-7,11,18H,8H2,(H,16,17). The van der Waals surface area contributed by atoms with Gasteiger partial charge >= 0.3 is 0 Å². The van der Waals surface area contributed by atoms with Crippen LogP contribution in [0.1, 0.15) is 11.7 Å². The summed E-state index contributed by atoms with van der Waals surface area (Å²) in [6, 6.07) is 11.4. The van der Waals surface area contributed by atoms with Crippen molar-refractivity contribution in [2.24, 2.45) is 0 Å². The van der Waals surface area contributed by atoms with E-state index in [1.165, 1.54) is 6.07 Å². The van der Waals surface area contributed by atoms with Gasteiger partial charge in [0.05, 0.1) is 6.10 Å². The van der Waals surface area contributed by atoms with E-state index in [9.17, 15) is 9.50 Å². The van der Waals surface area contributed by atoms with E-state index in [4.69, 9.17) is 11.6 Å². The Labute approximate surface area is 109 Å². The van der Waals surface area contributed by atoms with Crippen LogP contribution in [0.2, 0.25) is 5.02 Å². The quantitative estimate of drug-likeness (QED) is 0.836. The maximum absolute atomic E-state index is 12.8. The molecule has 0 aliphatic heterocycles. The summed E-state index contributed by atoms with van der Waals surface area (Å²) < 4.78 is 12.8. The number of halogens is 2. The minimum Gasteiger partial charge on any atom is -0.387 e. The highest BCUT2D eigenvalue weighted by molar-refractivity contribution is 6.30. The van der Waals surface area contributed by atoms with Gasteiger partial charge in [-0.15, -0.1) is 0 Å². The molecule has 18 heavy (non-hydrogen) atoms. The first-order valence-corrected chi connectivity index (χ1v) is 5.83. The zero-order chi connectivity index (χ0) is 13.0. The van der Waals surface area contributed by atoms with Gasteiger partial charge in [0.1, 0.15) is 5.82 Å². The third-order valence-electron chi connectivity index (χ3n) is 2.45. The van der Waals surface area contributed by atoms with Crippen molar-refractivity contribution in [3.63, 3.8) is 0 Å². The topological polar surface area (TPSA) is 45.1 Å². The molecule has 2 aromatic rings. The molecule has 2 N–H and O–H groups in total. The van der Waals surface area contributed by atoms with Crippen molar-refractivity contribution in [2.45, 2.75) is 6.10 Å². The van der Waals surface area contributed by atoms with Crippen molar-refractivity contribution < 1.29 is 9.50 Å². The van der Waals surface area contributed by atoms with Gasteiger partial charge in [-0.25, -0.2) is 4.98 Å². The van der Waals surface area contributed by atoms with Crippen LogP contribution in [-0.4, -0.2) is 16.6 Å². The molecule has 1 atom stereocenters. The zero-order valence-electron chi connectivity index (χ0n) is 9.48. The number of pyridine rings is 1. The van der Waals surface area contributed by atoms with Gasteiger partial charge in [-0.05, 0) is 29.8 Å². The molecule has 0 fully saturated rings. The fourth-order valence-corrected chi connectivity index (χ4v) is 1.64. The number of hydrogen-bond acceptors (Lipinski definition) is 3. The summed E-state index contributed by atoms with van der Waals surface area (Å²) in [5.41, 5.74) is 0.739. The number of aliphatic hydroxyl groups excluding tert-OH is 1. The lowest BCUT2D eigenvalue weighted by atomic mass is 10.1. The average Bonchev–Trinajstić information content (AvgIpc) is 2.37. The van der Waals surface area contributed by atoms with Gasteiger partial charge in [0.2, 0.25) is 5.95 Å². The summed E-state index contributed by atoms with van der Waals surface area (Å²) in [4.78, 5) is 3.64. The Hall–Kier alpha value is -1.65. The second-order valence-electron chi connectivity index (χ2n) is 3.79. The van der Waals surface area contributed by atoms with Gasteiger partial charge in [-0.2, -0.15) is 4.39 Å². The van der Waals surface area contributed by atoms with E-state index < -0.39 is 12.1 Å². The lowest BCUT2D eigenvalue weighted by Gasteiger charge is -2.12. The molecular weight excluding hydrogens is 255 g/mol. The number of benzene rings is 1. The van der Waals surface area contributed by atoms with Crippen LogP contribution < -0.4 is 5.32 Å². The molecule has 94 valence electrons. The van der Waals surface area contributed by atoms with E-state index in [0.717, 1.165) is 5.56 Å². The van der Waals surface area contributed by atoms with Crippen LogP contribution in [-0.2, 0) is 0 Å². The minimum atomic E-state index is -0.702.